The molecule has 2 N–H and O–H groups in total. The van der Waals surface area contributed by atoms with Crippen molar-refractivity contribution < 1.29 is 23.9 Å². The second-order valence-electron chi connectivity index (χ2n) is 8.27. The lowest BCUT2D eigenvalue weighted by Crippen LogP contribution is -2.54. The highest BCUT2D eigenvalue weighted by atomic mass is 16.6. The van der Waals surface area contributed by atoms with Crippen LogP contribution in [-0.4, -0.2) is 41.3 Å². The summed E-state index contributed by atoms with van der Waals surface area (Å²) in [5.74, 6) is -1.10. The standard InChI is InChI=1S/C18H34N2O5/c1-10-11(2)13(20-16(23)25-18(7,8)9)14(21)19-12(3)15(22)24-17(4,5)6/h11-13H,10H2,1-9H3,(H,19,21)(H,20,23)/t11?,12-,13-/m0/s1. The Hall–Kier alpha value is -1.79. The predicted octanol–water partition coefficient (Wildman–Crippen LogP) is 2.77. The molecule has 0 aliphatic heterocycles. The Bertz CT molecular complexity index is 477. The average molecular weight is 358 g/mol. The van der Waals surface area contributed by atoms with E-state index in [1.54, 1.807) is 48.5 Å². The molecule has 1 unspecified atom stereocenters. The van der Waals surface area contributed by atoms with Crippen LogP contribution in [0.25, 0.3) is 0 Å². The Morgan fingerprint density at radius 1 is 0.880 bits per heavy atom. The van der Waals surface area contributed by atoms with Crippen molar-refractivity contribution in [2.75, 3.05) is 0 Å². The lowest BCUT2D eigenvalue weighted by Gasteiger charge is -2.28. The molecule has 0 rings (SSSR count). The van der Waals surface area contributed by atoms with Crippen molar-refractivity contribution >= 4 is 18.0 Å². The number of hydrogen-bond donors (Lipinski definition) is 2. The molecule has 0 saturated carbocycles. The van der Waals surface area contributed by atoms with Gasteiger partial charge in [0.1, 0.15) is 23.3 Å². The highest BCUT2D eigenvalue weighted by Gasteiger charge is 2.31. The number of alkyl carbamates (subject to hydrolysis) is 1. The van der Waals surface area contributed by atoms with Gasteiger partial charge >= 0.3 is 12.1 Å². The molecule has 0 aliphatic rings. The van der Waals surface area contributed by atoms with Gasteiger partial charge in [-0.15, -0.1) is 0 Å². The first kappa shape index (κ1) is 23.2. The summed E-state index contributed by atoms with van der Waals surface area (Å²) in [5.41, 5.74) is -1.30. The van der Waals surface area contributed by atoms with E-state index < -0.39 is 41.3 Å². The van der Waals surface area contributed by atoms with Crippen LogP contribution in [0.4, 0.5) is 4.79 Å². The second kappa shape index (κ2) is 9.06. The Balaban J connectivity index is 4.96. The summed E-state index contributed by atoms with van der Waals surface area (Å²) in [6.45, 7) is 15.8. The van der Waals surface area contributed by atoms with Gasteiger partial charge < -0.3 is 20.1 Å². The van der Waals surface area contributed by atoms with Crippen LogP contribution >= 0.6 is 0 Å². The third kappa shape index (κ3) is 9.94. The molecule has 146 valence electrons. The zero-order valence-corrected chi connectivity index (χ0v) is 17.0. The molecule has 0 bridgehead atoms. The zero-order valence-electron chi connectivity index (χ0n) is 17.0. The number of carbonyl (C=O) groups excluding carboxylic acids is 3. The van der Waals surface area contributed by atoms with Gasteiger partial charge in [0.05, 0.1) is 0 Å². The highest BCUT2D eigenvalue weighted by Crippen LogP contribution is 2.12. The van der Waals surface area contributed by atoms with E-state index >= 15 is 0 Å². The third-order valence-electron chi connectivity index (χ3n) is 3.29. The van der Waals surface area contributed by atoms with Gasteiger partial charge in [-0.25, -0.2) is 9.59 Å². The molecule has 0 fully saturated rings. The normalized spacial score (nSPS) is 15.6. The Morgan fingerprint density at radius 2 is 1.36 bits per heavy atom. The van der Waals surface area contributed by atoms with Gasteiger partial charge in [-0.05, 0) is 54.4 Å². The molecule has 7 heteroatoms. The monoisotopic (exact) mass is 358 g/mol. The van der Waals surface area contributed by atoms with E-state index in [2.05, 4.69) is 10.6 Å². The number of carbonyl (C=O) groups is 3. The van der Waals surface area contributed by atoms with Crippen molar-refractivity contribution in [2.45, 2.75) is 92.0 Å². The molecule has 0 radical (unpaired) electrons. The minimum atomic E-state index is -0.821. The highest BCUT2D eigenvalue weighted by molar-refractivity contribution is 5.89. The molecule has 3 atom stereocenters. The summed E-state index contributed by atoms with van der Waals surface area (Å²) >= 11 is 0. The fraction of sp³-hybridized carbons (Fsp3) is 0.833. The SMILES string of the molecule is CCC(C)[C@H](NC(=O)OC(C)(C)C)C(=O)N[C@@H](C)C(=O)OC(C)(C)C. The van der Waals surface area contributed by atoms with Crippen molar-refractivity contribution in [2.24, 2.45) is 5.92 Å². The predicted molar refractivity (Wildman–Crippen MR) is 96.1 cm³/mol. The Morgan fingerprint density at radius 3 is 1.76 bits per heavy atom. The summed E-state index contributed by atoms with van der Waals surface area (Å²) < 4.78 is 10.5. The van der Waals surface area contributed by atoms with Crippen LogP contribution in [0, 0.1) is 5.92 Å². The molecular formula is C18H34N2O5. The molecule has 0 aromatic heterocycles. The second-order valence-corrected chi connectivity index (χ2v) is 8.27. The van der Waals surface area contributed by atoms with Crippen LogP contribution in [-0.2, 0) is 19.1 Å². The minimum absolute atomic E-state index is 0.127. The van der Waals surface area contributed by atoms with E-state index in [1.165, 1.54) is 0 Å². The maximum Gasteiger partial charge on any atom is 0.408 e. The smallest absolute Gasteiger partial charge is 0.408 e. The Labute approximate surface area is 151 Å². The van der Waals surface area contributed by atoms with Crippen molar-refractivity contribution in [3.05, 3.63) is 0 Å². The first-order valence-corrected chi connectivity index (χ1v) is 8.69. The molecule has 25 heavy (non-hydrogen) atoms. The van der Waals surface area contributed by atoms with Gasteiger partial charge in [0.2, 0.25) is 5.91 Å². The van der Waals surface area contributed by atoms with E-state index in [1.807, 2.05) is 13.8 Å². The van der Waals surface area contributed by atoms with Crippen LogP contribution in [0.15, 0.2) is 0 Å². The fourth-order valence-corrected chi connectivity index (χ4v) is 1.89. The van der Waals surface area contributed by atoms with Crippen LogP contribution in [0.1, 0.15) is 68.7 Å². The third-order valence-corrected chi connectivity index (χ3v) is 3.29. The molecule has 0 aromatic carbocycles. The largest absolute Gasteiger partial charge is 0.458 e. The molecule has 0 heterocycles. The molecule has 0 aliphatic carbocycles. The van der Waals surface area contributed by atoms with Crippen molar-refractivity contribution in [1.82, 2.24) is 10.6 Å². The number of hydrogen-bond acceptors (Lipinski definition) is 5. The molecular weight excluding hydrogens is 324 g/mol. The summed E-state index contributed by atoms with van der Waals surface area (Å²) in [7, 11) is 0. The first-order valence-electron chi connectivity index (χ1n) is 8.69. The van der Waals surface area contributed by atoms with E-state index in [4.69, 9.17) is 9.47 Å². The van der Waals surface area contributed by atoms with Crippen LogP contribution < -0.4 is 10.6 Å². The van der Waals surface area contributed by atoms with Crippen LogP contribution in [0.3, 0.4) is 0 Å². The van der Waals surface area contributed by atoms with Gasteiger partial charge in [0.25, 0.3) is 0 Å². The quantitative estimate of drug-likeness (QED) is 0.712. The molecule has 0 saturated heterocycles. The Kier molecular flexibility index (Phi) is 8.41. The number of nitrogens with one attached hydrogen (secondary N) is 2. The van der Waals surface area contributed by atoms with E-state index in [0.29, 0.717) is 6.42 Å². The van der Waals surface area contributed by atoms with Gasteiger partial charge in [-0.1, -0.05) is 20.3 Å². The van der Waals surface area contributed by atoms with Gasteiger partial charge in [0, 0.05) is 0 Å². The average Bonchev–Trinajstić information content (AvgIpc) is 2.39. The van der Waals surface area contributed by atoms with Crippen molar-refractivity contribution in [1.29, 1.82) is 0 Å². The minimum Gasteiger partial charge on any atom is -0.458 e. The van der Waals surface area contributed by atoms with Crippen LogP contribution in [0.2, 0.25) is 0 Å². The summed E-state index contributed by atoms with van der Waals surface area (Å²) in [6.07, 6.45) is 0.00666. The molecule has 0 aromatic rings. The van der Waals surface area contributed by atoms with Crippen LogP contribution in [0.5, 0.6) is 0 Å². The first-order chi connectivity index (χ1) is 11.2. The summed E-state index contributed by atoms with van der Waals surface area (Å²) in [4.78, 5) is 36.5. The maximum atomic E-state index is 12.5. The number of esters is 1. The zero-order chi connectivity index (χ0) is 20.0. The summed E-state index contributed by atoms with van der Waals surface area (Å²) in [5, 5.41) is 5.19. The number of ether oxygens (including phenoxy) is 2. The lowest BCUT2D eigenvalue weighted by molar-refractivity contribution is -0.158. The van der Waals surface area contributed by atoms with Gasteiger partial charge in [-0.2, -0.15) is 0 Å². The number of rotatable bonds is 6. The van der Waals surface area contributed by atoms with Gasteiger partial charge in [-0.3, -0.25) is 4.79 Å². The topological polar surface area (TPSA) is 93.7 Å². The van der Waals surface area contributed by atoms with E-state index in [9.17, 15) is 14.4 Å². The lowest BCUT2D eigenvalue weighted by atomic mass is 9.98. The maximum absolute atomic E-state index is 12.5. The van der Waals surface area contributed by atoms with Crippen molar-refractivity contribution in [3.8, 4) is 0 Å². The molecule has 2 amide bonds. The molecule has 7 nitrogen and oxygen atoms in total. The van der Waals surface area contributed by atoms with Crippen molar-refractivity contribution in [3.63, 3.8) is 0 Å². The molecule has 0 spiro atoms. The van der Waals surface area contributed by atoms with E-state index in [-0.39, 0.29) is 5.92 Å². The number of amides is 2. The summed E-state index contributed by atoms with van der Waals surface area (Å²) in [6, 6.07) is -1.62. The van der Waals surface area contributed by atoms with Gasteiger partial charge in [0.15, 0.2) is 0 Å². The van der Waals surface area contributed by atoms with E-state index in [0.717, 1.165) is 0 Å². The fourth-order valence-electron chi connectivity index (χ4n) is 1.89.